The average molecular weight is 294 g/mol. The number of hydrogen-bond donors (Lipinski definition) is 1. The molecule has 20 heavy (non-hydrogen) atoms. The zero-order chi connectivity index (χ0) is 14.2. The summed E-state index contributed by atoms with van der Waals surface area (Å²) < 4.78 is 27.5. The minimum atomic E-state index is -0.378. The second kappa shape index (κ2) is 5.15. The van der Waals surface area contributed by atoms with Crippen LogP contribution in [0.5, 0.6) is 0 Å². The van der Waals surface area contributed by atoms with Crippen molar-refractivity contribution in [2.75, 3.05) is 13.1 Å². The van der Waals surface area contributed by atoms with Gasteiger partial charge in [0.1, 0.15) is 11.6 Å². The Hall–Kier alpha value is -1.45. The number of halogens is 3. The van der Waals surface area contributed by atoms with Crippen molar-refractivity contribution in [3.63, 3.8) is 0 Å². The smallest absolute Gasteiger partial charge is 0.145 e. The summed E-state index contributed by atoms with van der Waals surface area (Å²) in [4.78, 5) is 0. The normalized spacial score (nSPS) is 16.8. The van der Waals surface area contributed by atoms with Crippen LogP contribution in [0.1, 0.15) is 11.1 Å². The molecule has 1 N–H and O–H groups in total. The van der Waals surface area contributed by atoms with Gasteiger partial charge in [0.25, 0.3) is 0 Å². The molecule has 1 saturated heterocycles. The largest absolute Gasteiger partial charge is 0.315 e. The van der Waals surface area contributed by atoms with E-state index in [1.165, 1.54) is 18.2 Å². The zero-order valence-corrected chi connectivity index (χ0v) is 11.6. The van der Waals surface area contributed by atoms with Gasteiger partial charge in [0.05, 0.1) is 5.02 Å². The fourth-order valence-corrected chi connectivity index (χ4v) is 2.92. The second-order valence-electron chi connectivity index (χ2n) is 5.28. The maximum Gasteiger partial charge on any atom is 0.145 e. The summed E-state index contributed by atoms with van der Waals surface area (Å²) in [5.74, 6) is -0.641. The van der Waals surface area contributed by atoms with E-state index in [9.17, 15) is 8.78 Å². The second-order valence-corrected chi connectivity index (χ2v) is 5.69. The zero-order valence-electron chi connectivity index (χ0n) is 10.8. The highest BCUT2D eigenvalue weighted by molar-refractivity contribution is 6.30. The predicted octanol–water partition coefficient (Wildman–Crippen LogP) is 3.70. The highest BCUT2D eigenvalue weighted by Gasteiger charge is 2.39. The predicted molar refractivity (Wildman–Crippen MR) is 76.1 cm³/mol. The topological polar surface area (TPSA) is 12.0 Å². The van der Waals surface area contributed by atoms with Crippen molar-refractivity contribution >= 4 is 11.6 Å². The Balaban J connectivity index is 1.96. The number of hydrogen-bond acceptors (Lipinski definition) is 1. The van der Waals surface area contributed by atoms with E-state index in [0.717, 1.165) is 5.56 Å². The van der Waals surface area contributed by atoms with E-state index in [1.807, 2.05) is 6.07 Å². The molecule has 1 aliphatic rings. The van der Waals surface area contributed by atoms with E-state index in [1.54, 1.807) is 18.2 Å². The molecule has 0 saturated carbocycles. The van der Waals surface area contributed by atoms with E-state index < -0.39 is 0 Å². The molecule has 0 radical (unpaired) electrons. The van der Waals surface area contributed by atoms with Crippen molar-refractivity contribution in [1.82, 2.24) is 5.32 Å². The van der Waals surface area contributed by atoms with Crippen LogP contribution in [0.25, 0.3) is 0 Å². The first-order valence-electron chi connectivity index (χ1n) is 6.50. The molecule has 1 aliphatic heterocycles. The van der Waals surface area contributed by atoms with Gasteiger partial charge in [0.15, 0.2) is 0 Å². The van der Waals surface area contributed by atoms with Gasteiger partial charge in [-0.3, -0.25) is 0 Å². The lowest BCUT2D eigenvalue weighted by molar-refractivity contribution is 0.271. The summed E-state index contributed by atoms with van der Waals surface area (Å²) >= 11 is 5.82. The van der Waals surface area contributed by atoms with E-state index in [-0.39, 0.29) is 22.1 Å². The molecule has 2 aromatic rings. The molecule has 0 aromatic heterocycles. The molecule has 0 unspecified atom stereocenters. The molecule has 0 atom stereocenters. The lowest BCUT2D eigenvalue weighted by Crippen LogP contribution is -2.58. The Morgan fingerprint density at radius 1 is 1.10 bits per heavy atom. The minimum absolute atomic E-state index is 0.129. The molecule has 0 amide bonds. The first kappa shape index (κ1) is 13.5. The Morgan fingerprint density at radius 2 is 1.85 bits per heavy atom. The van der Waals surface area contributed by atoms with Crippen LogP contribution in [0.15, 0.2) is 42.5 Å². The molecule has 104 valence electrons. The van der Waals surface area contributed by atoms with Gasteiger partial charge >= 0.3 is 0 Å². The van der Waals surface area contributed by atoms with Crippen LogP contribution in [0.3, 0.4) is 0 Å². The van der Waals surface area contributed by atoms with Gasteiger partial charge in [-0.25, -0.2) is 8.78 Å². The molecule has 4 heteroatoms. The van der Waals surface area contributed by atoms with Gasteiger partial charge in [0.2, 0.25) is 0 Å². The highest BCUT2D eigenvalue weighted by Crippen LogP contribution is 2.34. The Bertz CT molecular complexity index is 638. The van der Waals surface area contributed by atoms with E-state index in [2.05, 4.69) is 5.32 Å². The van der Waals surface area contributed by atoms with Gasteiger partial charge < -0.3 is 5.32 Å². The lowest BCUT2D eigenvalue weighted by atomic mass is 9.71. The molecular formula is C16H14ClF2N. The Labute approximate surface area is 121 Å². The molecule has 1 nitrogen and oxygen atoms in total. The monoisotopic (exact) mass is 293 g/mol. The fourth-order valence-electron chi connectivity index (χ4n) is 2.73. The summed E-state index contributed by atoms with van der Waals surface area (Å²) in [5.41, 5.74) is 1.21. The molecule has 0 bridgehead atoms. The summed E-state index contributed by atoms with van der Waals surface area (Å²) in [6, 6.07) is 11.6. The molecule has 3 rings (SSSR count). The summed E-state index contributed by atoms with van der Waals surface area (Å²) in [5, 5.41) is 3.33. The Morgan fingerprint density at radius 3 is 2.50 bits per heavy atom. The average Bonchev–Trinajstić information content (AvgIpc) is 2.38. The standard InChI is InChI=1S/C16H14ClF2N/c17-14-6-1-3-11(15(14)19)8-16(9-20-10-16)12-4-2-5-13(18)7-12/h1-7,20H,8-10H2. The van der Waals surface area contributed by atoms with Gasteiger partial charge in [0, 0.05) is 18.5 Å². The quantitative estimate of drug-likeness (QED) is 0.910. The van der Waals surface area contributed by atoms with Crippen LogP contribution in [-0.2, 0) is 11.8 Å². The Kier molecular flexibility index (Phi) is 3.48. The minimum Gasteiger partial charge on any atom is -0.315 e. The van der Waals surface area contributed by atoms with Crippen molar-refractivity contribution in [2.45, 2.75) is 11.8 Å². The van der Waals surface area contributed by atoms with Gasteiger partial charge in [-0.15, -0.1) is 0 Å². The van der Waals surface area contributed by atoms with Crippen LogP contribution < -0.4 is 5.32 Å². The SMILES string of the molecule is Fc1cccc(C2(Cc3cccc(Cl)c3F)CNC2)c1. The van der Waals surface area contributed by atoms with E-state index in [4.69, 9.17) is 11.6 Å². The summed E-state index contributed by atoms with van der Waals surface area (Å²) in [6.45, 7) is 1.42. The third kappa shape index (κ3) is 2.32. The number of benzene rings is 2. The van der Waals surface area contributed by atoms with Crippen molar-refractivity contribution in [3.8, 4) is 0 Å². The maximum atomic E-state index is 14.1. The van der Waals surface area contributed by atoms with Crippen LogP contribution in [0.4, 0.5) is 8.78 Å². The number of rotatable bonds is 3. The van der Waals surface area contributed by atoms with Crippen LogP contribution in [0.2, 0.25) is 5.02 Å². The van der Waals surface area contributed by atoms with Crippen LogP contribution >= 0.6 is 11.6 Å². The molecule has 0 spiro atoms. The summed E-state index contributed by atoms with van der Waals surface area (Å²) in [7, 11) is 0. The third-order valence-corrected chi connectivity index (χ3v) is 4.22. The highest BCUT2D eigenvalue weighted by atomic mass is 35.5. The van der Waals surface area contributed by atoms with Gasteiger partial charge in [-0.05, 0) is 35.7 Å². The maximum absolute atomic E-state index is 14.1. The van der Waals surface area contributed by atoms with E-state index in [0.29, 0.717) is 25.1 Å². The van der Waals surface area contributed by atoms with Crippen molar-refractivity contribution in [3.05, 3.63) is 70.2 Å². The van der Waals surface area contributed by atoms with Crippen LogP contribution in [-0.4, -0.2) is 13.1 Å². The van der Waals surface area contributed by atoms with Gasteiger partial charge in [-0.2, -0.15) is 0 Å². The third-order valence-electron chi connectivity index (χ3n) is 3.92. The first-order chi connectivity index (χ1) is 9.61. The number of nitrogens with one attached hydrogen (secondary N) is 1. The first-order valence-corrected chi connectivity index (χ1v) is 6.88. The van der Waals surface area contributed by atoms with Crippen molar-refractivity contribution in [1.29, 1.82) is 0 Å². The van der Waals surface area contributed by atoms with Crippen molar-refractivity contribution < 1.29 is 8.78 Å². The van der Waals surface area contributed by atoms with Crippen LogP contribution in [0, 0.1) is 11.6 Å². The molecule has 1 heterocycles. The molecule has 0 aliphatic carbocycles. The van der Waals surface area contributed by atoms with Gasteiger partial charge in [-0.1, -0.05) is 35.9 Å². The van der Waals surface area contributed by atoms with E-state index >= 15 is 0 Å². The lowest BCUT2D eigenvalue weighted by Gasteiger charge is -2.43. The molecule has 1 fully saturated rings. The summed E-state index contributed by atoms with van der Waals surface area (Å²) in [6.07, 6.45) is 0.510. The molecular weight excluding hydrogens is 280 g/mol. The fraction of sp³-hybridized carbons (Fsp3) is 0.250. The molecule has 2 aromatic carbocycles. The van der Waals surface area contributed by atoms with Crippen molar-refractivity contribution in [2.24, 2.45) is 0 Å².